The number of carbonyl (C=O) groups excluding carboxylic acids is 1. The highest BCUT2D eigenvalue weighted by molar-refractivity contribution is 6.30. The van der Waals surface area contributed by atoms with Crippen molar-refractivity contribution in [2.75, 3.05) is 0 Å². The maximum absolute atomic E-state index is 14.1. The van der Waals surface area contributed by atoms with Gasteiger partial charge in [0.1, 0.15) is 5.82 Å². The Morgan fingerprint density at radius 2 is 1.83 bits per heavy atom. The molecule has 0 bridgehead atoms. The topological polar surface area (TPSA) is 86.0 Å². The van der Waals surface area contributed by atoms with E-state index >= 15 is 0 Å². The molecule has 1 N–H and O–H groups in total. The van der Waals surface area contributed by atoms with E-state index < -0.39 is 28.7 Å². The van der Waals surface area contributed by atoms with Crippen molar-refractivity contribution in [1.29, 1.82) is 0 Å². The summed E-state index contributed by atoms with van der Waals surface area (Å²) in [5, 5.41) is 7.12. The zero-order valence-corrected chi connectivity index (χ0v) is 17.2. The highest BCUT2D eigenvalue weighted by atomic mass is 35.5. The number of rotatable bonds is 6. The Bertz CT molecular complexity index is 1190. The molecule has 3 aromatic rings. The molecule has 0 fully saturated rings. The van der Waals surface area contributed by atoms with Gasteiger partial charge in [-0.1, -0.05) is 36.7 Å². The van der Waals surface area contributed by atoms with E-state index in [1.807, 2.05) is 6.92 Å². The Balaban J connectivity index is 2.20. The van der Waals surface area contributed by atoms with Gasteiger partial charge in [0.25, 0.3) is 11.5 Å². The summed E-state index contributed by atoms with van der Waals surface area (Å²) in [7, 11) is 0. The number of hydrogen-bond acceptors (Lipinski definition) is 4. The van der Waals surface area contributed by atoms with Crippen molar-refractivity contribution in [3.8, 4) is 5.69 Å². The van der Waals surface area contributed by atoms with Crippen LogP contribution in [0.1, 0.15) is 36.3 Å². The minimum Gasteiger partial charge on any atom is -0.348 e. The van der Waals surface area contributed by atoms with Crippen molar-refractivity contribution >= 4 is 17.5 Å². The van der Waals surface area contributed by atoms with Crippen LogP contribution in [0.15, 0.2) is 58.1 Å². The van der Waals surface area contributed by atoms with Gasteiger partial charge in [0.15, 0.2) is 0 Å². The summed E-state index contributed by atoms with van der Waals surface area (Å²) in [5.41, 5.74) is -1.70. The van der Waals surface area contributed by atoms with Crippen LogP contribution in [0.3, 0.4) is 0 Å². The molecule has 1 unspecified atom stereocenters. The van der Waals surface area contributed by atoms with Gasteiger partial charge in [0, 0.05) is 16.6 Å². The lowest BCUT2D eigenvalue weighted by Crippen LogP contribution is -2.47. The molecular weight excluding hydrogens is 411 g/mol. The van der Waals surface area contributed by atoms with Gasteiger partial charge < -0.3 is 5.32 Å². The number of nitrogens with one attached hydrogen (secondary N) is 1. The largest absolute Gasteiger partial charge is 0.352 e. The van der Waals surface area contributed by atoms with Gasteiger partial charge in [0.2, 0.25) is 5.69 Å². The van der Waals surface area contributed by atoms with E-state index in [1.54, 1.807) is 25.1 Å². The first-order chi connectivity index (χ1) is 14.3. The molecule has 0 saturated carbocycles. The van der Waals surface area contributed by atoms with Crippen LogP contribution in [0.4, 0.5) is 4.39 Å². The molecule has 2 aromatic carbocycles. The lowest BCUT2D eigenvalue weighted by molar-refractivity contribution is 0.0929. The van der Waals surface area contributed by atoms with E-state index in [0.29, 0.717) is 17.1 Å². The van der Waals surface area contributed by atoms with Gasteiger partial charge in [0.05, 0.1) is 12.2 Å². The zero-order valence-electron chi connectivity index (χ0n) is 16.4. The van der Waals surface area contributed by atoms with Gasteiger partial charge in [-0.25, -0.2) is 9.18 Å². The highest BCUT2D eigenvalue weighted by Crippen LogP contribution is 2.12. The Kier molecular flexibility index (Phi) is 6.47. The molecule has 156 valence electrons. The second-order valence-electron chi connectivity index (χ2n) is 6.78. The summed E-state index contributed by atoms with van der Waals surface area (Å²) in [5.74, 6) is -1.27. The Morgan fingerprint density at radius 1 is 1.17 bits per heavy atom. The molecule has 30 heavy (non-hydrogen) atoms. The maximum Gasteiger partial charge on any atom is 0.352 e. The molecule has 1 atom stereocenters. The molecule has 0 aliphatic carbocycles. The van der Waals surface area contributed by atoms with E-state index in [0.717, 1.165) is 9.25 Å². The first-order valence-corrected chi connectivity index (χ1v) is 9.74. The summed E-state index contributed by atoms with van der Waals surface area (Å²) in [6.07, 6.45) is 0.645. The van der Waals surface area contributed by atoms with Crippen LogP contribution in [0.2, 0.25) is 5.02 Å². The number of benzene rings is 2. The molecule has 0 radical (unpaired) electrons. The van der Waals surface area contributed by atoms with Crippen LogP contribution in [0, 0.1) is 5.82 Å². The minimum absolute atomic E-state index is 0.138. The highest BCUT2D eigenvalue weighted by Gasteiger charge is 2.22. The van der Waals surface area contributed by atoms with Crippen molar-refractivity contribution in [2.45, 2.75) is 32.9 Å². The quantitative estimate of drug-likeness (QED) is 0.651. The molecule has 7 nitrogen and oxygen atoms in total. The SMILES string of the molecule is CCC(C)NC(=O)c1nn(-c2ccc(Cl)cc2)c(=O)n(Cc2ccccc2F)c1=O. The number of halogens is 2. The molecule has 0 spiro atoms. The standard InChI is InChI=1S/C21H20ClFN4O3/c1-3-13(2)24-19(28)18-20(29)26(12-14-6-4-5-7-17(14)23)21(30)27(25-18)16-10-8-15(22)9-11-16/h4-11,13H,3,12H2,1-2H3,(H,24,28). The molecule has 1 aromatic heterocycles. The van der Waals surface area contributed by atoms with Crippen LogP contribution in [-0.2, 0) is 6.54 Å². The van der Waals surface area contributed by atoms with E-state index in [2.05, 4.69) is 10.4 Å². The predicted octanol–water partition coefficient (Wildman–Crippen LogP) is 2.76. The molecule has 0 saturated heterocycles. The third-order valence-corrected chi connectivity index (χ3v) is 4.87. The van der Waals surface area contributed by atoms with Crippen LogP contribution < -0.4 is 16.6 Å². The maximum atomic E-state index is 14.1. The summed E-state index contributed by atoms with van der Waals surface area (Å²) in [4.78, 5) is 38.6. The third kappa shape index (κ3) is 4.49. The number of carbonyl (C=O) groups is 1. The fourth-order valence-corrected chi connectivity index (χ4v) is 2.86. The van der Waals surface area contributed by atoms with Crippen LogP contribution >= 0.6 is 11.6 Å². The second-order valence-corrected chi connectivity index (χ2v) is 7.22. The van der Waals surface area contributed by atoms with Crippen molar-refractivity contribution in [3.63, 3.8) is 0 Å². The van der Waals surface area contributed by atoms with Crippen molar-refractivity contribution in [1.82, 2.24) is 19.7 Å². The van der Waals surface area contributed by atoms with Gasteiger partial charge in [-0.15, -0.1) is 0 Å². The van der Waals surface area contributed by atoms with Gasteiger partial charge in [-0.05, 0) is 43.7 Å². The minimum atomic E-state index is -0.894. The van der Waals surface area contributed by atoms with Gasteiger partial charge in [-0.2, -0.15) is 9.78 Å². The molecular formula is C21H20ClFN4O3. The first-order valence-electron chi connectivity index (χ1n) is 9.36. The fourth-order valence-electron chi connectivity index (χ4n) is 2.74. The van der Waals surface area contributed by atoms with Gasteiger partial charge >= 0.3 is 5.69 Å². The monoisotopic (exact) mass is 430 g/mol. The van der Waals surface area contributed by atoms with Gasteiger partial charge in [-0.3, -0.25) is 14.2 Å². The lowest BCUT2D eigenvalue weighted by atomic mass is 10.2. The van der Waals surface area contributed by atoms with Crippen molar-refractivity contribution in [3.05, 3.63) is 91.5 Å². The predicted molar refractivity (Wildman–Crippen MR) is 112 cm³/mol. The average molecular weight is 431 g/mol. The second kappa shape index (κ2) is 9.04. The van der Waals surface area contributed by atoms with Crippen LogP contribution in [0.25, 0.3) is 5.69 Å². The first kappa shape index (κ1) is 21.4. The number of aromatic nitrogens is 3. The van der Waals surface area contributed by atoms with Crippen LogP contribution in [0.5, 0.6) is 0 Å². The summed E-state index contributed by atoms with van der Waals surface area (Å²) < 4.78 is 15.9. The lowest BCUT2D eigenvalue weighted by Gasteiger charge is -2.14. The van der Waals surface area contributed by atoms with E-state index in [1.165, 1.54) is 30.3 Å². The van der Waals surface area contributed by atoms with Crippen molar-refractivity contribution in [2.24, 2.45) is 0 Å². The molecule has 1 heterocycles. The summed E-state index contributed by atoms with van der Waals surface area (Å²) in [6.45, 7) is 3.32. The molecule has 0 aliphatic heterocycles. The van der Waals surface area contributed by atoms with Crippen molar-refractivity contribution < 1.29 is 9.18 Å². The number of hydrogen-bond donors (Lipinski definition) is 1. The fraction of sp³-hybridized carbons (Fsp3) is 0.238. The Hall–Kier alpha value is -3.26. The normalized spacial score (nSPS) is 11.9. The smallest absolute Gasteiger partial charge is 0.348 e. The molecule has 9 heteroatoms. The third-order valence-electron chi connectivity index (χ3n) is 4.62. The number of amides is 1. The van der Waals surface area contributed by atoms with E-state index in [-0.39, 0.29) is 18.2 Å². The molecule has 0 aliphatic rings. The average Bonchev–Trinajstić information content (AvgIpc) is 2.73. The summed E-state index contributed by atoms with van der Waals surface area (Å²) >= 11 is 5.91. The van der Waals surface area contributed by atoms with E-state index in [9.17, 15) is 18.8 Å². The Morgan fingerprint density at radius 3 is 2.47 bits per heavy atom. The summed E-state index contributed by atoms with van der Waals surface area (Å²) in [6, 6.07) is 11.8. The molecule has 3 rings (SSSR count). The Labute approximate surface area is 176 Å². The van der Waals surface area contributed by atoms with E-state index in [4.69, 9.17) is 11.6 Å². The number of nitrogens with zero attached hydrogens (tertiary/aromatic N) is 3. The zero-order chi connectivity index (χ0) is 21.8. The van der Waals surface area contributed by atoms with Crippen LogP contribution in [-0.4, -0.2) is 26.3 Å². The molecule has 1 amide bonds.